The first kappa shape index (κ1) is 13.0. The van der Waals surface area contributed by atoms with Crippen molar-refractivity contribution < 1.29 is 18.6 Å². The molecule has 2 atom stereocenters. The second kappa shape index (κ2) is 4.84. The molecule has 0 spiro atoms. The lowest BCUT2D eigenvalue weighted by Gasteiger charge is -2.32. The predicted molar refractivity (Wildman–Crippen MR) is 66.7 cm³/mol. The largest absolute Gasteiger partial charge is 0.396 e. The molecule has 1 aromatic carbocycles. The molecular formula is C15H18F2O2. The van der Waals surface area contributed by atoms with Gasteiger partial charge >= 0.3 is 0 Å². The SMILES string of the molecule is OCC1(Cc2cc(F)ccc2F)CCOC1C1CC1. The highest BCUT2D eigenvalue weighted by Gasteiger charge is 2.50. The first-order chi connectivity index (χ1) is 9.14. The highest BCUT2D eigenvalue weighted by Crippen LogP contribution is 2.49. The van der Waals surface area contributed by atoms with Crippen LogP contribution in [0.4, 0.5) is 8.78 Å². The van der Waals surface area contributed by atoms with E-state index >= 15 is 0 Å². The van der Waals surface area contributed by atoms with Crippen LogP contribution < -0.4 is 0 Å². The van der Waals surface area contributed by atoms with E-state index in [2.05, 4.69) is 0 Å². The van der Waals surface area contributed by atoms with E-state index in [-0.39, 0.29) is 12.7 Å². The molecule has 2 aliphatic rings. The Bertz CT molecular complexity index is 473. The Kier molecular flexibility index (Phi) is 3.31. The van der Waals surface area contributed by atoms with E-state index in [0.29, 0.717) is 30.9 Å². The molecule has 4 heteroatoms. The van der Waals surface area contributed by atoms with Crippen molar-refractivity contribution in [3.05, 3.63) is 35.4 Å². The average Bonchev–Trinajstić information content (AvgIpc) is 3.16. The smallest absolute Gasteiger partial charge is 0.126 e. The van der Waals surface area contributed by atoms with Gasteiger partial charge in [-0.2, -0.15) is 0 Å². The number of benzene rings is 1. The summed E-state index contributed by atoms with van der Waals surface area (Å²) < 4.78 is 32.8. The van der Waals surface area contributed by atoms with Gasteiger partial charge in [-0.1, -0.05) is 0 Å². The van der Waals surface area contributed by atoms with Crippen molar-refractivity contribution in [2.75, 3.05) is 13.2 Å². The van der Waals surface area contributed by atoms with E-state index in [1.165, 1.54) is 6.07 Å². The third-order valence-corrected chi connectivity index (χ3v) is 4.42. The van der Waals surface area contributed by atoms with Crippen LogP contribution in [0.25, 0.3) is 0 Å². The Morgan fingerprint density at radius 3 is 2.79 bits per heavy atom. The average molecular weight is 268 g/mol. The molecule has 1 heterocycles. The van der Waals surface area contributed by atoms with Gasteiger partial charge < -0.3 is 9.84 Å². The molecule has 1 aromatic rings. The topological polar surface area (TPSA) is 29.5 Å². The lowest BCUT2D eigenvalue weighted by Crippen LogP contribution is -2.38. The summed E-state index contributed by atoms with van der Waals surface area (Å²) in [6.45, 7) is 0.558. The monoisotopic (exact) mass is 268 g/mol. The maximum atomic E-state index is 13.8. The molecule has 1 aliphatic carbocycles. The van der Waals surface area contributed by atoms with Crippen LogP contribution in [0.1, 0.15) is 24.8 Å². The Balaban J connectivity index is 1.87. The van der Waals surface area contributed by atoms with Crippen molar-refractivity contribution >= 4 is 0 Å². The third-order valence-electron chi connectivity index (χ3n) is 4.42. The molecule has 1 saturated heterocycles. The van der Waals surface area contributed by atoms with Crippen LogP contribution in [0.5, 0.6) is 0 Å². The molecule has 1 N–H and O–H groups in total. The lowest BCUT2D eigenvalue weighted by atomic mass is 9.74. The fourth-order valence-electron chi connectivity index (χ4n) is 3.22. The molecule has 104 valence electrons. The van der Waals surface area contributed by atoms with E-state index in [0.717, 1.165) is 25.0 Å². The van der Waals surface area contributed by atoms with Gasteiger partial charge in [0.15, 0.2) is 0 Å². The Hall–Kier alpha value is -1.00. The Morgan fingerprint density at radius 1 is 1.32 bits per heavy atom. The van der Waals surface area contributed by atoms with Crippen molar-refractivity contribution in [1.29, 1.82) is 0 Å². The summed E-state index contributed by atoms with van der Waals surface area (Å²) in [5.74, 6) is -0.367. The van der Waals surface area contributed by atoms with Gasteiger partial charge in [0.2, 0.25) is 0 Å². The summed E-state index contributed by atoms with van der Waals surface area (Å²) in [5, 5.41) is 9.79. The van der Waals surface area contributed by atoms with Crippen molar-refractivity contribution in [3.8, 4) is 0 Å². The summed E-state index contributed by atoms with van der Waals surface area (Å²) in [7, 11) is 0. The molecule has 0 radical (unpaired) electrons. The zero-order chi connectivity index (χ0) is 13.5. The van der Waals surface area contributed by atoms with Crippen LogP contribution in [-0.4, -0.2) is 24.4 Å². The second-order valence-corrected chi connectivity index (χ2v) is 5.81. The molecule has 1 saturated carbocycles. The molecule has 2 fully saturated rings. The van der Waals surface area contributed by atoms with E-state index in [1.807, 2.05) is 0 Å². The van der Waals surface area contributed by atoms with Crippen molar-refractivity contribution in [2.45, 2.75) is 31.8 Å². The van der Waals surface area contributed by atoms with Crippen LogP contribution in [-0.2, 0) is 11.2 Å². The highest BCUT2D eigenvalue weighted by atomic mass is 19.1. The number of rotatable bonds is 4. The van der Waals surface area contributed by atoms with Crippen molar-refractivity contribution in [3.63, 3.8) is 0 Å². The molecule has 0 amide bonds. The Morgan fingerprint density at radius 2 is 2.11 bits per heavy atom. The van der Waals surface area contributed by atoms with Crippen molar-refractivity contribution in [2.24, 2.45) is 11.3 Å². The normalized spacial score (nSPS) is 30.8. The number of aliphatic hydroxyl groups is 1. The maximum Gasteiger partial charge on any atom is 0.126 e. The summed E-state index contributed by atoms with van der Waals surface area (Å²) in [5.41, 5.74) is -0.110. The Labute approximate surface area is 111 Å². The standard InChI is InChI=1S/C15H18F2O2/c16-12-3-4-13(17)11(7-12)8-15(9-18)5-6-19-14(15)10-1-2-10/h3-4,7,10,14,18H,1-2,5-6,8-9H2. The number of hydrogen-bond acceptors (Lipinski definition) is 2. The molecule has 0 bridgehead atoms. The zero-order valence-corrected chi connectivity index (χ0v) is 10.7. The number of ether oxygens (including phenoxy) is 1. The van der Waals surface area contributed by atoms with Gasteiger partial charge in [0.25, 0.3) is 0 Å². The minimum absolute atomic E-state index is 0.0137. The lowest BCUT2D eigenvalue weighted by molar-refractivity contribution is 0.000178. The van der Waals surface area contributed by atoms with Gasteiger partial charge in [0, 0.05) is 12.0 Å². The van der Waals surface area contributed by atoms with Crippen LogP contribution >= 0.6 is 0 Å². The molecule has 3 rings (SSSR count). The van der Waals surface area contributed by atoms with E-state index in [9.17, 15) is 13.9 Å². The van der Waals surface area contributed by atoms with Crippen LogP contribution in [0.15, 0.2) is 18.2 Å². The fraction of sp³-hybridized carbons (Fsp3) is 0.600. The van der Waals surface area contributed by atoms with Gasteiger partial charge in [-0.15, -0.1) is 0 Å². The molecule has 1 aliphatic heterocycles. The molecule has 19 heavy (non-hydrogen) atoms. The summed E-state index contributed by atoms with van der Waals surface area (Å²) in [6, 6.07) is 3.50. The van der Waals surface area contributed by atoms with Gasteiger partial charge in [-0.3, -0.25) is 0 Å². The quantitative estimate of drug-likeness (QED) is 0.909. The third kappa shape index (κ3) is 2.39. The van der Waals surface area contributed by atoms with Crippen molar-refractivity contribution in [1.82, 2.24) is 0 Å². The zero-order valence-electron chi connectivity index (χ0n) is 10.7. The molecular weight excluding hydrogens is 250 g/mol. The number of aliphatic hydroxyl groups excluding tert-OH is 1. The molecule has 2 nitrogen and oxygen atoms in total. The van der Waals surface area contributed by atoms with Gasteiger partial charge in [-0.25, -0.2) is 8.78 Å². The highest BCUT2D eigenvalue weighted by molar-refractivity contribution is 5.21. The number of hydrogen-bond donors (Lipinski definition) is 1. The molecule has 0 aromatic heterocycles. The minimum atomic E-state index is -0.449. The van der Waals surface area contributed by atoms with Crippen LogP contribution in [0.3, 0.4) is 0 Å². The first-order valence-electron chi connectivity index (χ1n) is 6.81. The van der Waals surface area contributed by atoms with Gasteiger partial charge in [-0.05, 0) is 55.4 Å². The fourth-order valence-corrected chi connectivity index (χ4v) is 3.22. The van der Waals surface area contributed by atoms with Gasteiger partial charge in [0.05, 0.1) is 12.7 Å². The van der Waals surface area contributed by atoms with Crippen LogP contribution in [0, 0.1) is 23.0 Å². The number of halogens is 2. The second-order valence-electron chi connectivity index (χ2n) is 5.81. The first-order valence-corrected chi connectivity index (χ1v) is 6.81. The minimum Gasteiger partial charge on any atom is -0.396 e. The van der Waals surface area contributed by atoms with Gasteiger partial charge in [0.1, 0.15) is 11.6 Å². The van der Waals surface area contributed by atoms with E-state index in [4.69, 9.17) is 4.74 Å². The summed E-state index contributed by atoms with van der Waals surface area (Å²) in [6.07, 6.45) is 3.26. The maximum absolute atomic E-state index is 13.8. The van der Waals surface area contributed by atoms with Crippen LogP contribution in [0.2, 0.25) is 0 Å². The molecule has 2 unspecified atom stereocenters. The summed E-state index contributed by atoms with van der Waals surface area (Å²) >= 11 is 0. The van der Waals surface area contributed by atoms with E-state index < -0.39 is 17.0 Å². The summed E-state index contributed by atoms with van der Waals surface area (Å²) in [4.78, 5) is 0. The van der Waals surface area contributed by atoms with E-state index in [1.54, 1.807) is 0 Å². The predicted octanol–water partition coefficient (Wildman–Crippen LogP) is 2.68.